The van der Waals surface area contributed by atoms with Gasteiger partial charge in [0, 0.05) is 19.2 Å². The van der Waals surface area contributed by atoms with Gasteiger partial charge in [0.2, 0.25) is 5.82 Å². The van der Waals surface area contributed by atoms with Crippen LogP contribution in [0.2, 0.25) is 5.15 Å². The first-order chi connectivity index (χ1) is 9.16. The van der Waals surface area contributed by atoms with E-state index in [1.165, 1.54) is 31.4 Å². The van der Waals surface area contributed by atoms with Gasteiger partial charge in [-0.25, -0.2) is 4.98 Å². The number of nitro groups is 1. The minimum Gasteiger partial charge on any atom is -0.363 e. The summed E-state index contributed by atoms with van der Waals surface area (Å²) in [4.78, 5) is 16.7. The molecule has 0 aliphatic carbocycles. The van der Waals surface area contributed by atoms with Crippen LogP contribution in [0.15, 0.2) is 12.1 Å². The summed E-state index contributed by atoms with van der Waals surface area (Å²) in [5.74, 6) is 0.245. The Hall–Kier alpha value is -1.40. The molecule has 1 aliphatic rings. The number of piperidine rings is 1. The van der Waals surface area contributed by atoms with Gasteiger partial charge >= 0.3 is 5.69 Å². The fourth-order valence-electron chi connectivity index (χ4n) is 2.22. The van der Waals surface area contributed by atoms with Crippen molar-refractivity contribution in [2.75, 3.05) is 31.5 Å². The number of nitrogens with one attached hydrogen (secondary N) is 1. The third kappa shape index (κ3) is 4.04. The maximum atomic E-state index is 10.9. The van der Waals surface area contributed by atoms with Gasteiger partial charge in [-0.3, -0.25) is 10.1 Å². The number of halogens is 1. The molecule has 0 spiro atoms. The first-order valence-corrected chi connectivity index (χ1v) is 6.82. The summed E-state index contributed by atoms with van der Waals surface area (Å²) in [5.41, 5.74) is -0.0388. The van der Waals surface area contributed by atoms with E-state index in [0.29, 0.717) is 6.54 Å². The van der Waals surface area contributed by atoms with Gasteiger partial charge in [0.05, 0.1) is 4.92 Å². The standard InChI is InChI=1S/C12H17ClN4O2/c13-11-5-4-10(17(18)19)12(15-11)14-6-9-16-7-2-1-3-8-16/h4-5H,1-3,6-9H2,(H,14,15). The van der Waals surface area contributed by atoms with Crippen LogP contribution in [0.3, 0.4) is 0 Å². The van der Waals surface area contributed by atoms with E-state index in [2.05, 4.69) is 15.2 Å². The number of pyridine rings is 1. The highest BCUT2D eigenvalue weighted by molar-refractivity contribution is 6.29. The molecule has 1 saturated heterocycles. The minimum atomic E-state index is -0.452. The number of hydrogen-bond acceptors (Lipinski definition) is 5. The Morgan fingerprint density at radius 3 is 2.79 bits per heavy atom. The summed E-state index contributed by atoms with van der Waals surface area (Å²) in [5, 5.41) is 14.1. The van der Waals surface area contributed by atoms with Crippen molar-refractivity contribution in [3.63, 3.8) is 0 Å². The predicted octanol–water partition coefficient (Wildman–Crippen LogP) is 2.54. The average molecular weight is 285 g/mol. The zero-order valence-electron chi connectivity index (χ0n) is 10.6. The van der Waals surface area contributed by atoms with Crippen molar-refractivity contribution in [3.05, 3.63) is 27.4 Å². The van der Waals surface area contributed by atoms with Gasteiger partial charge in [0.1, 0.15) is 5.15 Å². The highest BCUT2D eigenvalue weighted by Crippen LogP contribution is 2.23. The molecule has 2 rings (SSSR count). The van der Waals surface area contributed by atoms with Gasteiger partial charge in [-0.2, -0.15) is 0 Å². The Kier molecular flexibility index (Phi) is 4.93. The predicted molar refractivity (Wildman–Crippen MR) is 74.7 cm³/mol. The van der Waals surface area contributed by atoms with Crippen LogP contribution in [0.1, 0.15) is 19.3 Å². The monoisotopic (exact) mass is 284 g/mol. The van der Waals surface area contributed by atoms with Crippen molar-refractivity contribution < 1.29 is 4.92 Å². The number of aromatic nitrogens is 1. The fourth-order valence-corrected chi connectivity index (χ4v) is 2.37. The maximum absolute atomic E-state index is 10.9. The largest absolute Gasteiger partial charge is 0.363 e. The van der Waals surface area contributed by atoms with E-state index in [9.17, 15) is 10.1 Å². The van der Waals surface area contributed by atoms with Gasteiger partial charge in [-0.05, 0) is 32.0 Å². The average Bonchev–Trinajstić information content (AvgIpc) is 2.39. The van der Waals surface area contributed by atoms with Crippen LogP contribution in [0, 0.1) is 10.1 Å². The first-order valence-electron chi connectivity index (χ1n) is 6.44. The number of likely N-dealkylation sites (tertiary alicyclic amines) is 1. The van der Waals surface area contributed by atoms with Crippen molar-refractivity contribution >= 4 is 23.1 Å². The van der Waals surface area contributed by atoms with Crippen molar-refractivity contribution in [1.82, 2.24) is 9.88 Å². The lowest BCUT2D eigenvalue weighted by Crippen LogP contribution is -2.33. The topological polar surface area (TPSA) is 71.3 Å². The summed E-state index contributed by atoms with van der Waals surface area (Å²) < 4.78 is 0. The van der Waals surface area contributed by atoms with Crippen molar-refractivity contribution in [1.29, 1.82) is 0 Å². The summed E-state index contributed by atoms with van der Waals surface area (Å²) in [7, 11) is 0. The SMILES string of the molecule is O=[N+]([O-])c1ccc(Cl)nc1NCCN1CCCCC1. The zero-order chi connectivity index (χ0) is 13.7. The maximum Gasteiger partial charge on any atom is 0.311 e. The summed E-state index contributed by atoms with van der Waals surface area (Å²) in [6.07, 6.45) is 3.76. The molecule has 1 aliphatic heterocycles. The molecule has 0 radical (unpaired) electrons. The molecule has 1 aromatic rings. The Morgan fingerprint density at radius 1 is 1.37 bits per heavy atom. The van der Waals surface area contributed by atoms with Crippen molar-refractivity contribution in [3.8, 4) is 0 Å². The number of nitrogens with zero attached hydrogens (tertiary/aromatic N) is 3. The molecule has 7 heteroatoms. The quantitative estimate of drug-likeness (QED) is 0.511. The molecule has 1 N–H and O–H groups in total. The zero-order valence-corrected chi connectivity index (χ0v) is 11.4. The molecular weight excluding hydrogens is 268 g/mol. The van der Waals surface area contributed by atoms with Crippen LogP contribution in [0.25, 0.3) is 0 Å². The number of rotatable bonds is 5. The Balaban J connectivity index is 1.91. The second-order valence-corrected chi connectivity index (χ2v) is 4.98. The summed E-state index contributed by atoms with van der Waals surface area (Å²) in [6.45, 7) is 3.71. The fraction of sp³-hybridized carbons (Fsp3) is 0.583. The highest BCUT2D eigenvalue weighted by Gasteiger charge is 2.16. The molecular formula is C12H17ClN4O2. The molecule has 19 heavy (non-hydrogen) atoms. The van der Waals surface area contributed by atoms with Crippen LogP contribution >= 0.6 is 11.6 Å². The van der Waals surface area contributed by atoms with Crippen molar-refractivity contribution in [2.45, 2.75) is 19.3 Å². The third-order valence-corrected chi connectivity index (χ3v) is 3.42. The van der Waals surface area contributed by atoms with E-state index in [1.807, 2.05) is 0 Å². The second-order valence-electron chi connectivity index (χ2n) is 4.59. The van der Waals surface area contributed by atoms with Gasteiger partial charge in [-0.1, -0.05) is 18.0 Å². The molecule has 0 amide bonds. The lowest BCUT2D eigenvalue weighted by Gasteiger charge is -2.26. The minimum absolute atomic E-state index is 0.0388. The van der Waals surface area contributed by atoms with E-state index in [1.54, 1.807) is 0 Å². The number of anilines is 1. The number of hydrogen-bond donors (Lipinski definition) is 1. The molecule has 0 bridgehead atoms. The van der Waals surface area contributed by atoms with Crippen LogP contribution in [-0.4, -0.2) is 41.0 Å². The van der Waals surface area contributed by atoms with Crippen LogP contribution in [0.4, 0.5) is 11.5 Å². The van der Waals surface area contributed by atoms with E-state index in [4.69, 9.17) is 11.6 Å². The van der Waals surface area contributed by atoms with E-state index >= 15 is 0 Å². The molecule has 6 nitrogen and oxygen atoms in total. The van der Waals surface area contributed by atoms with Crippen LogP contribution in [-0.2, 0) is 0 Å². The molecule has 0 atom stereocenters. The molecule has 2 heterocycles. The smallest absolute Gasteiger partial charge is 0.311 e. The Bertz CT molecular complexity index is 449. The summed E-state index contributed by atoms with van der Waals surface area (Å²) in [6, 6.07) is 2.80. The third-order valence-electron chi connectivity index (χ3n) is 3.21. The molecule has 1 fully saturated rings. The van der Waals surface area contributed by atoms with Crippen LogP contribution < -0.4 is 5.32 Å². The van der Waals surface area contributed by atoms with Crippen molar-refractivity contribution in [2.24, 2.45) is 0 Å². The molecule has 0 aromatic carbocycles. The van der Waals surface area contributed by atoms with Crippen LogP contribution in [0.5, 0.6) is 0 Å². The second kappa shape index (κ2) is 6.68. The molecule has 0 saturated carbocycles. The molecule has 1 aromatic heterocycles. The van der Waals surface area contributed by atoms with E-state index < -0.39 is 4.92 Å². The molecule has 104 valence electrons. The lowest BCUT2D eigenvalue weighted by molar-refractivity contribution is -0.384. The van der Waals surface area contributed by atoms with Gasteiger partial charge in [0.25, 0.3) is 0 Å². The first kappa shape index (κ1) is 14.0. The highest BCUT2D eigenvalue weighted by atomic mass is 35.5. The Morgan fingerprint density at radius 2 is 2.11 bits per heavy atom. The Labute approximate surface area is 116 Å². The lowest BCUT2D eigenvalue weighted by atomic mass is 10.1. The molecule has 0 unspecified atom stereocenters. The van der Waals surface area contributed by atoms with Gasteiger partial charge < -0.3 is 10.2 Å². The van der Waals surface area contributed by atoms with Gasteiger partial charge in [0.15, 0.2) is 0 Å². The van der Waals surface area contributed by atoms with E-state index in [-0.39, 0.29) is 16.7 Å². The summed E-state index contributed by atoms with van der Waals surface area (Å²) >= 11 is 5.76. The van der Waals surface area contributed by atoms with Gasteiger partial charge in [-0.15, -0.1) is 0 Å². The normalized spacial score (nSPS) is 16.3. The van der Waals surface area contributed by atoms with E-state index in [0.717, 1.165) is 19.6 Å².